The van der Waals surface area contributed by atoms with Gasteiger partial charge < -0.3 is 15.2 Å². The van der Waals surface area contributed by atoms with Crippen LogP contribution in [0, 0.1) is 6.57 Å². The molecular formula is C21H18F2N4O3. The Morgan fingerprint density at radius 2 is 2.13 bits per heavy atom. The maximum Gasteiger partial charge on any atom is 0.299 e. The van der Waals surface area contributed by atoms with E-state index in [9.17, 15) is 4.79 Å². The first-order valence-electron chi connectivity index (χ1n) is 9.27. The largest absolute Gasteiger partial charge is 0.493 e. The molecule has 0 bridgehead atoms. The van der Waals surface area contributed by atoms with Crippen molar-refractivity contribution in [2.24, 2.45) is 10.7 Å². The van der Waals surface area contributed by atoms with E-state index in [-0.39, 0.29) is 54.7 Å². The molecule has 2 N–H and O–H groups in total. The molecule has 1 aromatic carbocycles. The fourth-order valence-corrected chi connectivity index (χ4v) is 3.73. The number of ketones is 1. The van der Waals surface area contributed by atoms with Gasteiger partial charge in [0, 0.05) is 24.6 Å². The third kappa shape index (κ3) is 3.39. The van der Waals surface area contributed by atoms with Gasteiger partial charge in [-0.1, -0.05) is 12.1 Å². The molecule has 7 nitrogen and oxygen atoms in total. The fraction of sp³-hybridized carbons (Fsp3) is 0.333. The Balaban J connectivity index is 1.71. The number of carbonyl (C=O) groups excluding carboxylic acids is 1. The van der Waals surface area contributed by atoms with E-state index in [0.717, 1.165) is 0 Å². The van der Waals surface area contributed by atoms with E-state index >= 15 is 8.78 Å². The summed E-state index contributed by atoms with van der Waals surface area (Å²) in [5.41, 5.74) is 5.13. The Kier molecular flexibility index (Phi) is 4.95. The molecular weight excluding hydrogens is 394 g/mol. The van der Waals surface area contributed by atoms with Crippen LogP contribution in [0.2, 0.25) is 0 Å². The summed E-state index contributed by atoms with van der Waals surface area (Å²) < 4.78 is 40.9. The average Bonchev–Trinajstić information content (AvgIpc) is 2.84. The van der Waals surface area contributed by atoms with Crippen molar-refractivity contribution in [1.82, 2.24) is 4.98 Å². The van der Waals surface area contributed by atoms with Crippen molar-refractivity contribution in [3.05, 3.63) is 64.8 Å². The molecule has 2 aliphatic rings. The molecule has 154 valence electrons. The standard InChI is InChI=1S/C21H18F2N4O3/c1-25-14-3-4-16(26-10-14)17(28)9-13-2-5-18-15(8-13)20(6-7-30-18)21(22,23)12-29-11-19(24)27-20/h2-5,8,10H,6-7,9,11-12H2,(H2,24,27)/t20-/m1/s1. The van der Waals surface area contributed by atoms with Crippen LogP contribution in [0.4, 0.5) is 14.5 Å². The first-order chi connectivity index (χ1) is 14.3. The minimum Gasteiger partial charge on any atom is -0.493 e. The van der Waals surface area contributed by atoms with Crippen LogP contribution in [-0.2, 0) is 16.7 Å². The summed E-state index contributed by atoms with van der Waals surface area (Å²) >= 11 is 0. The van der Waals surface area contributed by atoms with Crippen LogP contribution < -0.4 is 10.5 Å². The van der Waals surface area contributed by atoms with Crippen molar-refractivity contribution >= 4 is 17.3 Å². The highest BCUT2D eigenvalue weighted by Gasteiger charge is 2.58. The minimum atomic E-state index is -3.30. The van der Waals surface area contributed by atoms with E-state index in [2.05, 4.69) is 14.8 Å². The molecule has 1 spiro atoms. The molecule has 0 unspecified atom stereocenters. The predicted molar refractivity (Wildman–Crippen MR) is 104 cm³/mol. The number of hydrogen-bond donors (Lipinski definition) is 1. The van der Waals surface area contributed by atoms with Gasteiger partial charge in [0.05, 0.1) is 13.2 Å². The molecule has 0 saturated heterocycles. The Bertz CT molecular complexity index is 1060. The van der Waals surface area contributed by atoms with Gasteiger partial charge in [-0.25, -0.2) is 13.6 Å². The maximum atomic E-state index is 15.1. The van der Waals surface area contributed by atoms with Gasteiger partial charge in [-0.05, 0) is 23.8 Å². The van der Waals surface area contributed by atoms with Crippen LogP contribution in [0.5, 0.6) is 5.75 Å². The lowest BCUT2D eigenvalue weighted by Gasteiger charge is -2.40. The van der Waals surface area contributed by atoms with Gasteiger partial charge in [0.2, 0.25) is 5.69 Å². The highest BCUT2D eigenvalue weighted by Crippen LogP contribution is 2.50. The van der Waals surface area contributed by atoms with E-state index in [1.807, 2.05) is 0 Å². The SMILES string of the molecule is [C-]#[N+]c1ccc(C(=O)Cc2ccc3c(c2)[C@@]2(CCO3)N=C(N)COCC2(F)F)nc1. The molecule has 3 heterocycles. The van der Waals surface area contributed by atoms with E-state index < -0.39 is 18.1 Å². The third-order valence-corrected chi connectivity index (χ3v) is 5.21. The second kappa shape index (κ2) is 7.46. The van der Waals surface area contributed by atoms with Gasteiger partial charge in [0.15, 0.2) is 11.3 Å². The summed E-state index contributed by atoms with van der Waals surface area (Å²) in [6.07, 6.45) is 1.21. The van der Waals surface area contributed by atoms with E-state index in [0.29, 0.717) is 11.3 Å². The Morgan fingerprint density at radius 1 is 1.30 bits per heavy atom. The lowest BCUT2D eigenvalue weighted by molar-refractivity contribution is -0.129. The number of pyridine rings is 1. The van der Waals surface area contributed by atoms with Crippen molar-refractivity contribution in [1.29, 1.82) is 0 Å². The van der Waals surface area contributed by atoms with Gasteiger partial charge >= 0.3 is 0 Å². The number of nitrogens with two attached hydrogens (primary N) is 1. The van der Waals surface area contributed by atoms with Crippen LogP contribution in [-0.4, -0.2) is 42.3 Å². The maximum absolute atomic E-state index is 15.1. The topological polar surface area (TPSA) is 91.2 Å². The molecule has 9 heteroatoms. The van der Waals surface area contributed by atoms with Crippen molar-refractivity contribution in [3.8, 4) is 5.75 Å². The van der Waals surface area contributed by atoms with Gasteiger partial charge in [-0.15, -0.1) is 0 Å². The van der Waals surface area contributed by atoms with E-state index in [1.54, 1.807) is 12.1 Å². The van der Waals surface area contributed by atoms with Crippen LogP contribution in [0.25, 0.3) is 4.85 Å². The normalized spacial score (nSPS) is 22.2. The number of benzene rings is 1. The van der Waals surface area contributed by atoms with E-state index in [4.69, 9.17) is 21.8 Å². The first kappa shape index (κ1) is 19.9. The minimum absolute atomic E-state index is 0.00870. The number of nitrogens with zero attached hydrogens (tertiary/aromatic N) is 3. The van der Waals surface area contributed by atoms with Crippen molar-refractivity contribution in [3.63, 3.8) is 0 Å². The monoisotopic (exact) mass is 412 g/mol. The molecule has 1 aromatic heterocycles. The highest BCUT2D eigenvalue weighted by atomic mass is 19.3. The number of rotatable bonds is 3. The van der Waals surface area contributed by atoms with Crippen LogP contribution >= 0.6 is 0 Å². The van der Waals surface area contributed by atoms with E-state index in [1.165, 1.54) is 24.4 Å². The number of ether oxygens (including phenoxy) is 2. The van der Waals surface area contributed by atoms with Crippen molar-refractivity contribution < 1.29 is 23.0 Å². The summed E-state index contributed by atoms with van der Waals surface area (Å²) in [7, 11) is 0. The number of aromatic nitrogens is 1. The zero-order valence-electron chi connectivity index (χ0n) is 15.9. The van der Waals surface area contributed by atoms with Gasteiger partial charge in [-0.2, -0.15) is 0 Å². The number of amidine groups is 1. The van der Waals surface area contributed by atoms with Gasteiger partial charge in [-0.3, -0.25) is 14.8 Å². The summed E-state index contributed by atoms with van der Waals surface area (Å²) in [5, 5.41) is 0. The molecule has 4 rings (SSSR count). The van der Waals surface area contributed by atoms with Gasteiger partial charge in [0.25, 0.3) is 5.92 Å². The number of carbonyl (C=O) groups is 1. The first-order valence-corrected chi connectivity index (χ1v) is 9.27. The molecule has 0 fully saturated rings. The molecule has 1 atom stereocenters. The zero-order valence-corrected chi connectivity index (χ0v) is 15.9. The summed E-state index contributed by atoms with van der Waals surface area (Å²) in [6, 6.07) is 7.73. The number of aliphatic imine (C=N–C) groups is 1. The predicted octanol–water partition coefficient (Wildman–Crippen LogP) is 3.06. The number of hydrogen-bond acceptors (Lipinski definition) is 6. The summed E-state index contributed by atoms with van der Waals surface area (Å²) in [5.74, 6) is -3.32. The van der Waals surface area contributed by atoms with Crippen molar-refractivity contribution in [2.45, 2.75) is 24.3 Å². The van der Waals surface area contributed by atoms with Crippen LogP contribution in [0.1, 0.15) is 28.0 Å². The number of fused-ring (bicyclic) bond motifs is 2. The highest BCUT2D eigenvalue weighted by molar-refractivity contribution is 5.96. The number of Topliss-reactive ketones (excluding diaryl/α,β-unsaturated/α-hetero) is 1. The molecule has 2 aliphatic heterocycles. The lowest BCUT2D eigenvalue weighted by Crippen LogP contribution is -2.49. The number of alkyl halides is 2. The molecule has 30 heavy (non-hydrogen) atoms. The molecule has 2 aromatic rings. The smallest absolute Gasteiger partial charge is 0.299 e. The average molecular weight is 412 g/mol. The second-order valence-corrected chi connectivity index (χ2v) is 7.20. The molecule has 0 saturated carbocycles. The lowest BCUT2D eigenvalue weighted by atomic mass is 9.78. The fourth-order valence-electron chi connectivity index (χ4n) is 3.73. The second-order valence-electron chi connectivity index (χ2n) is 7.20. The summed E-state index contributed by atoms with van der Waals surface area (Å²) in [4.78, 5) is 24.0. The zero-order chi connectivity index (χ0) is 21.4. The summed E-state index contributed by atoms with van der Waals surface area (Å²) in [6.45, 7) is 6.03. The Labute approximate surface area is 171 Å². The molecule has 0 amide bonds. The third-order valence-electron chi connectivity index (χ3n) is 5.21. The Hall–Kier alpha value is -3.38. The van der Waals surface area contributed by atoms with Gasteiger partial charge in [0.1, 0.15) is 30.5 Å². The Morgan fingerprint density at radius 3 is 2.87 bits per heavy atom. The quantitative estimate of drug-likeness (QED) is 0.618. The van der Waals surface area contributed by atoms with Crippen LogP contribution in [0.3, 0.4) is 0 Å². The molecule has 0 radical (unpaired) electrons. The van der Waals surface area contributed by atoms with Crippen molar-refractivity contribution in [2.75, 3.05) is 19.8 Å². The number of halogens is 2. The van der Waals surface area contributed by atoms with Crippen LogP contribution in [0.15, 0.2) is 41.5 Å². The molecule has 0 aliphatic carbocycles.